The molecule has 0 bridgehead atoms. The number of pyridine rings is 1. The Bertz CT molecular complexity index is 920. The predicted molar refractivity (Wildman–Crippen MR) is 136 cm³/mol. The highest BCUT2D eigenvalue weighted by Gasteiger charge is 2.15. The second-order valence-corrected chi connectivity index (χ2v) is 8.89. The first-order valence-corrected chi connectivity index (χ1v) is 11.7. The van der Waals surface area contributed by atoms with Crippen molar-refractivity contribution in [2.75, 3.05) is 53.4 Å². The number of thiocarbonyl (C=S) groups is 1. The van der Waals surface area contributed by atoms with Crippen molar-refractivity contribution >= 4 is 28.2 Å². The number of hydrogen-bond donors (Lipinski definition) is 2. The first-order valence-electron chi connectivity index (χ1n) is 11.3. The molecule has 2 N–H and O–H groups in total. The zero-order valence-electron chi connectivity index (χ0n) is 20.0. The first-order chi connectivity index (χ1) is 14.7. The Morgan fingerprint density at radius 1 is 1.06 bits per heavy atom. The molecule has 7 heteroatoms. The van der Waals surface area contributed by atoms with Gasteiger partial charge in [-0.15, -0.1) is 0 Å². The molecule has 2 rings (SSSR count). The fraction of sp³-hybridized carbons (Fsp3) is 0.583. The summed E-state index contributed by atoms with van der Waals surface area (Å²) < 4.78 is 0. The normalized spacial score (nSPS) is 11.5. The van der Waals surface area contributed by atoms with Gasteiger partial charge in [-0.1, -0.05) is 25.5 Å². The second-order valence-electron chi connectivity index (χ2n) is 8.51. The molecule has 1 heterocycles. The number of H-pyrrole nitrogens is 1. The van der Waals surface area contributed by atoms with E-state index in [-0.39, 0.29) is 5.56 Å². The number of fused-ring (bicyclic) bond motifs is 1. The molecule has 0 aliphatic heterocycles. The van der Waals surface area contributed by atoms with E-state index in [2.05, 4.69) is 72.0 Å². The van der Waals surface area contributed by atoms with Crippen LogP contribution in [0.25, 0.3) is 10.9 Å². The first kappa shape index (κ1) is 25.3. The maximum Gasteiger partial charge on any atom is 0.253 e. The van der Waals surface area contributed by atoms with E-state index in [0.29, 0.717) is 11.7 Å². The van der Waals surface area contributed by atoms with Crippen molar-refractivity contribution in [2.24, 2.45) is 0 Å². The number of benzene rings is 1. The Kier molecular flexibility index (Phi) is 9.93. The summed E-state index contributed by atoms with van der Waals surface area (Å²) in [5, 5.41) is 5.18. The second kappa shape index (κ2) is 12.2. The number of likely N-dealkylation sites (N-methyl/N-ethyl adjacent to an activating group) is 1. The molecule has 0 saturated heterocycles. The average Bonchev–Trinajstić information content (AvgIpc) is 2.71. The van der Waals surface area contributed by atoms with Gasteiger partial charge in [-0.3, -0.25) is 4.79 Å². The Hall–Kier alpha value is -1.96. The predicted octanol–water partition coefficient (Wildman–Crippen LogP) is 3.11. The van der Waals surface area contributed by atoms with Crippen LogP contribution in [0.4, 0.5) is 0 Å². The van der Waals surface area contributed by atoms with Gasteiger partial charge in [-0.05, 0) is 89.3 Å². The number of hydrogen-bond acceptors (Lipinski definition) is 4. The van der Waals surface area contributed by atoms with Gasteiger partial charge in [-0.25, -0.2) is 0 Å². The van der Waals surface area contributed by atoms with E-state index in [0.717, 1.165) is 67.7 Å². The van der Waals surface area contributed by atoms with Gasteiger partial charge in [-0.2, -0.15) is 0 Å². The molecule has 172 valence electrons. The van der Waals surface area contributed by atoms with Gasteiger partial charge in [0.1, 0.15) is 0 Å². The molecule has 1 aromatic carbocycles. The fourth-order valence-corrected chi connectivity index (χ4v) is 4.07. The molecule has 0 spiro atoms. The maximum absolute atomic E-state index is 12.9. The van der Waals surface area contributed by atoms with Gasteiger partial charge >= 0.3 is 0 Å². The lowest BCUT2D eigenvalue weighted by molar-refractivity contribution is 0.263. The van der Waals surface area contributed by atoms with Crippen LogP contribution in [-0.4, -0.2) is 78.2 Å². The SMILES string of the molecule is CCN(CC)CCN(Cc1cc2cc(C)cc(C)c2[nH]c1=O)C(=S)NCCCN(C)C. The number of rotatable bonds is 11. The van der Waals surface area contributed by atoms with Crippen molar-refractivity contribution < 1.29 is 0 Å². The minimum absolute atomic E-state index is 0.0392. The summed E-state index contributed by atoms with van der Waals surface area (Å²) in [5.74, 6) is 0. The monoisotopic (exact) mass is 445 g/mol. The summed E-state index contributed by atoms with van der Waals surface area (Å²) in [7, 11) is 4.15. The molecule has 0 amide bonds. The van der Waals surface area contributed by atoms with Crippen LogP contribution < -0.4 is 10.9 Å². The van der Waals surface area contributed by atoms with Crippen molar-refractivity contribution in [2.45, 2.75) is 40.7 Å². The van der Waals surface area contributed by atoms with Crippen LogP contribution in [-0.2, 0) is 6.54 Å². The Labute approximate surface area is 192 Å². The van der Waals surface area contributed by atoms with Crippen LogP contribution in [0.15, 0.2) is 23.0 Å². The number of aromatic nitrogens is 1. The summed E-state index contributed by atoms with van der Waals surface area (Å²) in [4.78, 5) is 22.6. The Morgan fingerprint density at radius 2 is 1.77 bits per heavy atom. The zero-order valence-corrected chi connectivity index (χ0v) is 20.9. The fourth-order valence-electron chi connectivity index (χ4n) is 3.81. The van der Waals surface area contributed by atoms with Crippen molar-refractivity contribution in [3.05, 3.63) is 45.2 Å². The molecular weight excluding hydrogens is 406 g/mol. The third-order valence-corrected chi connectivity index (χ3v) is 6.06. The van der Waals surface area contributed by atoms with Crippen molar-refractivity contribution in [1.82, 2.24) is 25.0 Å². The molecule has 31 heavy (non-hydrogen) atoms. The summed E-state index contributed by atoms with van der Waals surface area (Å²) >= 11 is 5.73. The Morgan fingerprint density at radius 3 is 2.42 bits per heavy atom. The molecule has 6 nitrogen and oxygen atoms in total. The standard InChI is InChI=1S/C24H39N5OS/c1-7-28(8-2)12-13-29(24(31)25-10-9-11-27(5)6)17-21-16-20-15-18(3)14-19(4)22(20)26-23(21)30/h14-16H,7-13,17H2,1-6H3,(H,25,31)(H,26,30). The third kappa shape index (κ3) is 7.59. The topological polar surface area (TPSA) is 54.6 Å². The molecule has 0 aliphatic rings. The quantitative estimate of drug-likeness (QED) is 0.409. The van der Waals surface area contributed by atoms with Crippen LogP contribution in [0, 0.1) is 13.8 Å². The molecular formula is C24H39N5OS. The number of nitrogens with zero attached hydrogens (tertiary/aromatic N) is 3. The van der Waals surface area contributed by atoms with E-state index >= 15 is 0 Å². The number of nitrogens with one attached hydrogen (secondary N) is 2. The largest absolute Gasteiger partial charge is 0.363 e. The van der Waals surface area contributed by atoms with Gasteiger partial charge < -0.3 is 25.0 Å². The molecule has 0 unspecified atom stereocenters. The lowest BCUT2D eigenvalue weighted by Gasteiger charge is -2.29. The molecule has 2 aromatic rings. The molecule has 0 radical (unpaired) electrons. The smallest absolute Gasteiger partial charge is 0.253 e. The van der Waals surface area contributed by atoms with E-state index in [1.807, 2.05) is 13.0 Å². The van der Waals surface area contributed by atoms with Gasteiger partial charge in [0, 0.05) is 25.2 Å². The lowest BCUT2D eigenvalue weighted by atomic mass is 10.1. The van der Waals surface area contributed by atoms with E-state index in [4.69, 9.17) is 12.2 Å². The van der Waals surface area contributed by atoms with Crippen molar-refractivity contribution in [1.29, 1.82) is 0 Å². The number of aryl methyl sites for hydroxylation is 2. The maximum atomic E-state index is 12.9. The van der Waals surface area contributed by atoms with E-state index in [1.165, 1.54) is 5.56 Å². The summed E-state index contributed by atoms with van der Waals surface area (Å²) in [6.07, 6.45) is 1.02. The van der Waals surface area contributed by atoms with Gasteiger partial charge in [0.15, 0.2) is 5.11 Å². The van der Waals surface area contributed by atoms with Gasteiger partial charge in [0.2, 0.25) is 0 Å². The zero-order chi connectivity index (χ0) is 23.0. The van der Waals surface area contributed by atoms with Gasteiger partial charge in [0.25, 0.3) is 5.56 Å². The van der Waals surface area contributed by atoms with Crippen molar-refractivity contribution in [3.63, 3.8) is 0 Å². The molecule has 0 atom stereocenters. The number of aromatic amines is 1. The average molecular weight is 446 g/mol. The van der Waals surface area contributed by atoms with Crippen LogP contribution in [0.2, 0.25) is 0 Å². The highest BCUT2D eigenvalue weighted by Crippen LogP contribution is 2.18. The Balaban J connectivity index is 2.21. The molecule has 1 aromatic heterocycles. The summed E-state index contributed by atoms with van der Waals surface area (Å²) in [5.41, 5.74) is 3.91. The van der Waals surface area contributed by atoms with Crippen LogP contribution >= 0.6 is 12.2 Å². The van der Waals surface area contributed by atoms with Gasteiger partial charge in [0.05, 0.1) is 12.1 Å². The van der Waals surface area contributed by atoms with E-state index in [1.54, 1.807) is 0 Å². The van der Waals surface area contributed by atoms with Crippen LogP contribution in [0.5, 0.6) is 0 Å². The lowest BCUT2D eigenvalue weighted by Crippen LogP contribution is -2.44. The van der Waals surface area contributed by atoms with Crippen LogP contribution in [0.1, 0.15) is 37.0 Å². The summed E-state index contributed by atoms with van der Waals surface area (Å²) in [6, 6.07) is 6.24. The molecule has 0 fully saturated rings. The minimum atomic E-state index is -0.0392. The highest BCUT2D eigenvalue weighted by atomic mass is 32.1. The highest BCUT2D eigenvalue weighted by molar-refractivity contribution is 7.80. The molecule has 0 aliphatic carbocycles. The van der Waals surface area contributed by atoms with Crippen molar-refractivity contribution in [3.8, 4) is 0 Å². The van der Waals surface area contributed by atoms with E-state index in [9.17, 15) is 4.79 Å². The summed E-state index contributed by atoms with van der Waals surface area (Å²) in [6.45, 7) is 14.5. The molecule has 0 saturated carbocycles. The van der Waals surface area contributed by atoms with Crippen LogP contribution in [0.3, 0.4) is 0 Å². The third-order valence-electron chi connectivity index (χ3n) is 5.66. The minimum Gasteiger partial charge on any atom is -0.363 e. The van der Waals surface area contributed by atoms with E-state index < -0.39 is 0 Å².